The summed E-state index contributed by atoms with van der Waals surface area (Å²) in [6.45, 7) is 7.30. The highest BCUT2D eigenvalue weighted by Crippen LogP contribution is 2.70. The standard InChI is InChI=1S/C13H22O2/c1-12(2)9-5-6-13(12,3)11-8(9)7-10(14-4)15-11/h8-11H,5-7H2,1-4H3/t8-,9-,10+,11-,13?/m1/s1. The molecule has 0 aromatic carbocycles. The van der Waals surface area contributed by atoms with Gasteiger partial charge in [0, 0.05) is 13.5 Å². The first-order valence-corrected chi connectivity index (χ1v) is 6.19. The SMILES string of the molecule is CO[C@@H]1C[C@@H]2[C@H]3CCC(C)([C@@H]2O1)C3(C)C. The first-order valence-electron chi connectivity index (χ1n) is 6.19. The van der Waals surface area contributed by atoms with E-state index in [0.717, 1.165) is 18.3 Å². The van der Waals surface area contributed by atoms with Gasteiger partial charge in [-0.15, -0.1) is 0 Å². The Balaban J connectivity index is 1.94. The van der Waals surface area contributed by atoms with Gasteiger partial charge in [0.1, 0.15) is 0 Å². The molecule has 0 N–H and O–H groups in total. The minimum Gasteiger partial charge on any atom is -0.356 e. The molecule has 3 aliphatic rings. The van der Waals surface area contributed by atoms with Gasteiger partial charge in [-0.1, -0.05) is 20.8 Å². The fourth-order valence-corrected chi connectivity index (χ4v) is 4.64. The molecule has 0 aromatic heterocycles. The average Bonchev–Trinajstić information content (AvgIpc) is 2.74. The van der Waals surface area contributed by atoms with Crippen LogP contribution in [0.4, 0.5) is 0 Å². The molecule has 15 heavy (non-hydrogen) atoms. The lowest BCUT2D eigenvalue weighted by Gasteiger charge is -2.38. The molecular formula is C13H22O2. The maximum Gasteiger partial charge on any atom is 0.157 e. The normalized spacial score (nSPS) is 56.0. The first-order chi connectivity index (χ1) is 7.00. The van der Waals surface area contributed by atoms with Crippen LogP contribution < -0.4 is 0 Å². The molecule has 2 aliphatic carbocycles. The van der Waals surface area contributed by atoms with E-state index in [1.54, 1.807) is 7.11 Å². The second-order valence-corrected chi connectivity index (χ2v) is 6.41. The summed E-state index contributed by atoms with van der Waals surface area (Å²) in [6.07, 6.45) is 4.37. The summed E-state index contributed by atoms with van der Waals surface area (Å²) in [7, 11) is 1.76. The predicted octanol–water partition coefficient (Wildman–Crippen LogP) is 2.82. The number of ether oxygens (including phenoxy) is 2. The van der Waals surface area contributed by atoms with Crippen molar-refractivity contribution in [2.45, 2.75) is 52.4 Å². The minimum absolute atomic E-state index is 0.0658. The largest absolute Gasteiger partial charge is 0.356 e. The van der Waals surface area contributed by atoms with Crippen LogP contribution >= 0.6 is 0 Å². The summed E-state index contributed by atoms with van der Waals surface area (Å²) in [5.41, 5.74) is 0.844. The highest BCUT2D eigenvalue weighted by Gasteiger charge is 2.68. The van der Waals surface area contributed by atoms with Crippen molar-refractivity contribution < 1.29 is 9.47 Å². The maximum atomic E-state index is 6.08. The molecule has 0 spiro atoms. The van der Waals surface area contributed by atoms with Crippen molar-refractivity contribution in [2.75, 3.05) is 7.11 Å². The van der Waals surface area contributed by atoms with Gasteiger partial charge in [-0.25, -0.2) is 0 Å². The van der Waals surface area contributed by atoms with E-state index in [-0.39, 0.29) is 6.29 Å². The zero-order valence-electron chi connectivity index (χ0n) is 10.2. The van der Waals surface area contributed by atoms with Gasteiger partial charge in [0.15, 0.2) is 6.29 Å². The lowest BCUT2D eigenvalue weighted by molar-refractivity contribution is -0.150. The fourth-order valence-electron chi connectivity index (χ4n) is 4.64. The van der Waals surface area contributed by atoms with Crippen molar-refractivity contribution in [2.24, 2.45) is 22.7 Å². The molecule has 1 saturated heterocycles. The van der Waals surface area contributed by atoms with Crippen molar-refractivity contribution in [3.63, 3.8) is 0 Å². The Morgan fingerprint density at radius 3 is 2.60 bits per heavy atom. The van der Waals surface area contributed by atoms with Crippen LogP contribution in [0.15, 0.2) is 0 Å². The molecule has 3 fully saturated rings. The van der Waals surface area contributed by atoms with Gasteiger partial charge in [-0.3, -0.25) is 0 Å². The highest BCUT2D eigenvalue weighted by molar-refractivity contribution is 5.16. The van der Waals surface area contributed by atoms with Gasteiger partial charge in [0.05, 0.1) is 6.10 Å². The van der Waals surface area contributed by atoms with E-state index in [4.69, 9.17) is 9.47 Å². The molecule has 5 atom stereocenters. The van der Waals surface area contributed by atoms with E-state index in [1.807, 2.05) is 0 Å². The minimum atomic E-state index is 0.0658. The van der Waals surface area contributed by atoms with Crippen molar-refractivity contribution in [3.05, 3.63) is 0 Å². The Hall–Kier alpha value is -0.0800. The second kappa shape index (κ2) is 2.78. The number of hydrogen-bond donors (Lipinski definition) is 0. The van der Waals surface area contributed by atoms with E-state index >= 15 is 0 Å². The van der Waals surface area contributed by atoms with Gasteiger partial charge < -0.3 is 9.47 Å². The van der Waals surface area contributed by atoms with Gasteiger partial charge in [-0.05, 0) is 35.5 Å². The summed E-state index contributed by atoms with van der Waals surface area (Å²) < 4.78 is 11.4. The van der Waals surface area contributed by atoms with Gasteiger partial charge in [0.2, 0.25) is 0 Å². The molecular weight excluding hydrogens is 188 g/mol. The van der Waals surface area contributed by atoms with Crippen molar-refractivity contribution in [1.82, 2.24) is 0 Å². The Morgan fingerprint density at radius 1 is 1.27 bits per heavy atom. The smallest absolute Gasteiger partial charge is 0.157 e. The number of hydrogen-bond acceptors (Lipinski definition) is 2. The lowest BCUT2D eigenvalue weighted by Crippen LogP contribution is -2.37. The summed E-state index contributed by atoms with van der Waals surface area (Å²) in [6, 6.07) is 0. The monoisotopic (exact) mass is 210 g/mol. The molecule has 1 aliphatic heterocycles. The molecule has 2 heteroatoms. The molecule has 0 amide bonds. The van der Waals surface area contributed by atoms with E-state index in [2.05, 4.69) is 20.8 Å². The molecule has 1 unspecified atom stereocenters. The Morgan fingerprint density at radius 2 is 2.00 bits per heavy atom. The maximum absolute atomic E-state index is 6.08. The van der Waals surface area contributed by atoms with Crippen molar-refractivity contribution >= 4 is 0 Å². The van der Waals surface area contributed by atoms with Gasteiger partial charge in [-0.2, -0.15) is 0 Å². The number of methoxy groups -OCH3 is 1. The molecule has 2 nitrogen and oxygen atoms in total. The van der Waals surface area contributed by atoms with E-state index in [9.17, 15) is 0 Å². The van der Waals surface area contributed by atoms with Crippen LogP contribution in [0, 0.1) is 22.7 Å². The Labute approximate surface area is 92.3 Å². The van der Waals surface area contributed by atoms with Gasteiger partial charge >= 0.3 is 0 Å². The Bertz CT molecular complexity index is 286. The van der Waals surface area contributed by atoms with Crippen LogP contribution in [0.5, 0.6) is 0 Å². The third-order valence-corrected chi connectivity index (χ3v) is 5.93. The zero-order valence-corrected chi connectivity index (χ0v) is 10.2. The van der Waals surface area contributed by atoms with Crippen LogP contribution in [0.2, 0.25) is 0 Å². The van der Waals surface area contributed by atoms with Crippen LogP contribution in [0.3, 0.4) is 0 Å². The van der Waals surface area contributed by atoms with E-state index in [1.165, 1.54) is 12.8 Å². The molecule has 3 rings (SSSR count). The number of rotatable bonds is 1. The average molecular weight is 210 g/mol. The second-order valence-electron chi connectivity index (χ2n) is 6.41. The zero-order chi connectivity index (χ0) is 10.8. The van der Waals surface area contributed by atoms with Crippen LogP contribution in [-0.2, 0) is 9.47 Å². The molecule has 2 bridgehead atoms. The molecule has 86 valence electrons. The van der Waals surface area contributed by atoms with Crippen LogP contribution in [-0.4, -0.2) is 19.5 Å². The quantitative estimate of drug-likeness (QED) is 0.662. The number of fused-ring (bicyclic) bond motifs is 5. The highest BCUT2D eigenvalue weighted by atomic mass is 16.7. The fraction of sp³-hybridized carbons (Fsp3) is 1.00. The lowest BCUT2D eigenvalue weighted by atomic mass is 9.70. The molecule has 0 aromatic rings. The van der Waals surface area contributed by atoms with E-state index < -0.39 is 0 Å². The third-order valence-electron chi connectivity index (χ3n) is 5.93. The first kappa shape index (κ1) is 10.1. The summed E-state index contributed by atoms with van der Waals surface area (Å²) >= 11 is 0. The molecule has 0 radical (unpaired) electrons. The van der Waals surface area contributed by atoms with Gasteiger partial charge in [0.25, 0.3) is 0 Å². The summed E-state index contributed by atoms with van der Waals surface area (Å²) in [5, 5.41) is 0. The molecule has 2 saturated carbocycles. The van der Waals surface area contributed by atoms with E-state index in [0.29, 0.717) is 16.9 Å². The Kier molecular flexibility index (Phi) is 1.87. The predicted molar refractivity (Wildman–Crippen MR) is 58.4 cm³/mol. The van der Waals surface area contributed by atoms with Crippen LogP contribution in [0.1, 0.15) is 40.0 Å². The third kappa shape index (κ3) is 0.980. The summed E-state index contributed by atoms with van der Waals surface area (Å²) in [4.78, 5) is 0. The van der Waals surface area contributed by atoms with Crippen LogP contribution in [0.25, 0.3) is 0 Å². The van der Waals surface area contributed by atoms with Crippen molar-refractivity contribution in [1.29, 1.82) is 0 Å². The van der Waals surface area contributed by atoms with Crippen molar-refractivity contribution in [3.8, 4) is 0 Å². The molecule has 1 heterocycles. The topological polar surface area (TPSA) is 18.5 Å². The summed E-state index contributed by atoms with van der Waals surface area (Å²) in [5.74, 6) is 1.61.